The number of benzene rings is 2. The molecule has 0 atom stereocenters. The van der Waals surface area contributed by atoms with E-state index < -0.39 is 32.5 Å². The molecule has 3 rings (SSSR count). The van der Waals surface area contributed by atoms with Crippen LogP contribution in [0.15, 0.2) is 47.4 Å². The zero-order valence-electron chi connectivity index (χ0n) is 18.8. The number of ether oxygens (including phenoxy) is 2. The molecule has 0 bridgehead atoms. The first-order valence-corrected chi connectivity index (χ1v) is 14.5. The maximum absolute atomic E-state index is 12.7. The third-order valence-electron chi connectivity index (χ3n) is 4.95. The molecule has 1 aliphatic heterocycles. The fourth-order valence-corrected chi connectivity index (χ4v) is 6.04. The maximum Gasteiger partial charge on any atom is 0.243 e. The van der Waals surface area contributed by atoms with Crippen molar-refractivity contribution in [2.24, 2.45) is 0 Å². The topological polar surface area (TPSA) is 122 Å². The quantitative estimate of drug-likeness (QED) is 0.437. The van der Waals surface area contributed by atoms with Crippen molar-refractivity contribution in [1.82, 2.24) is 9.62 Å². The molecule has 1 aliphatic rings. The van der Waals surface area contributed by atoms with Gasteiger partial charge in [-0.1, -0.05) is 23.2 Å². The number of halogens is 2. The molecule has 0 spiro atoms. The van der Waals surface area contributed by atoms with Crippen molar-refractivity contribution in [3.8, 4) is 5.75 Å². The predicted octanol–water partition coefficient (Wildman–Crippen LogP) is 1.98. The Morgan fingerprint density at radius 2 is 1.66 bits per heavy atom. The van der Waals surface area contributed by atoms with Gasteiger partial charge in [0.1, 0.15) is 18.9 Å². The molecule has 0 unspecified atom stereocenters. The van der Waals surface area contributed by atoms with Gasteiger partial charge in [-0.3, -0.25) is 9.10 Å². The minimum Gasteiger partial charge on any atom is -0.492 e. The van der Waals surface area contributed by atoms with Gasteiger partial charge in [-0.05, 0) is 42.5 Å². The van der Waals surface area contributed by atoms with Gasteiger partial charge in [0, 0.05) is 23.1 Å². The van der Waals surface area contributed by atoms with Crippen LogP contribution in [-0.2, 0) is 29.6 Å². The third-order valence-corrected chi connectivity index (χ3v) is 8.44. The fourth-order valence-electron chi connectivity index (χ4n) is 3.27. The summed E-state index contributed by atoms with van der Waals surface area (Å²) in [7, 11) is -7.38. The molecule has 2 aromatic rings. The Balaban J connectivity index is 1.51. The lowest BCUT2D eigenvalue weighted by atomic mass is 10.3. The number of sulfonamides is 2. The number of hydrogen-bond donors (Lipinski definition) is 1. The number of carbonyl (C=O) groups is 1. The van der Waals surface area contributed by atoms with E-state index in [-0.39, 0.29) is 33.8 Å². The molecule has 10 nitrogen and oxygen atoms in total. The van der Waals surface area contributed by atoms with Crippen LogP contribution in [-0.4, -0.2) is 79.3 Å². The summed E-state index contributed by atoms with van der Waals surface area (Å²) in [5.41, 5.74) is 0.170. The van der Waals surface area contributed by atoms with Gasteiger partial charge in [0.2, 0.25) is 26.0 Å². The van der Waals surface area contributed by atoms with Crippen LogP contribution in [0.4, 0.5) is 5.69 Å². The summed E-state index contributed by atoms with van der Waals surface area (Å²) in [5.74, 6) is -0.131. The Kier molecular flexibility index (Phi) is 9.24. The van der Waals surface area contributed by atoms with Crippen molar-refractivity contribution in [2.75, 3.05) is 56.6 Å². The number of nitrogens with zero attached hydrogens (tertiary/aromatic N) is 2. The summed E-state index contributed by atoms with van der Waals surface area (Å²) in [6.07, 6.45) is 0.973. The van der Waals surface area contributed by atoms with Crippen LogP contribution < -0.4 is 14.4 Å². The smallest absolute Gasteiger partial charge is 0.243 e. The summed E-state index contributed by atoms with van der Waals surface area (Å²) in [4.78, 5) is 12.5. The molecule has 1 N–H and O–H groups in total. The van der Waals surface area contributed by atoms with Crippen LogP contribution in [0.1, 0.15) is 0 Å². The summed E-state index contributed by atoms with van der Waals surface area (Å²) in [6.45, 7) is 1.05. The zero-order valence-corrected chi connectivity index (χ0v) is 22.0. The zero-order chi connectivity index (χ0) is 25.6. The highest BCUT2D eigenvalue weighted by atomic mass is 35.5. The lowest BCUT2D eigenvalue weighted by Gasteiger charge is -2.26. The maximum atomic E-state index is 12.7. The molecule has 0 saturated carbocycles. The van der Waals surface area contributed by atoms with Crippen molar-refractivity contribution < 1.29 is 31.1 Å². The Morgan fingerprint density at radius 1 is 1.06 bits per heavy atom. The van der Waals surface area contributed by atoms with Crippen molar-refractivity contribution in [1.29, 1.82) is 0 Å². The van der Waals surface area contributed by atoms with Gasteiger partial charge in [-0.15, -0.1) is 0 Å². The number of amides is 1. The lowest BCUT2D eigenvalue weighted by molar-refractivity contribution is -0.119. The van der Waals surface area contributed by atoms with E-state index in [0.29, 0.717) is 32.1 Å². The number of carbonyl (C=O) groups excluding carboxylic acids is 1. The monoisotopic (exact) mass is 565 g/mol. The summed E-state index contributed by atoms with van der Waals surface area (Å²) >= 11 is 11.9. The van der Waals surface area contributed by atoms with E-state index in [1.54, 1.807) is 0 Å². The van der Waals surface area contributed by atoms with Crippen LogP contribution in [0, 0.1) is 0 Å². The van der Waals surface area contributed by atoms with E-state index in [4.69, 9.17) is 32.7 Å². The van der Waals surface area contributed by atoms with Crippen molar-refractivity contribution in [3.63, 3.8) is 0 Å². The average molecular weight is 566 g/mol. The normalized spacial score (nSPS) is 14.9. The van der Waals surface area contributed by atoms with E-state index in [9.17, 15) is 21.6 Å². The minimum atomic E-state index is -3.78. The number of morpholine rings is 1. The van der Waals surface area contributed by atoms with Crippen molar-refractivity contribution >= 4 is 54.8 Å². The van der Waals surface area contributed by atoms with Gasteiger partial charge in [0.25, 0.3) is 0 Å². The van der Waals surface area contributed by atoms with Crippen molar-refractivity contribution in [2.45, 2.75) is 4.90 Å². The van der Waals surface area contributed by atoms with E-state index in [2.05, 4.69) is 5.32 Å². The van der Waals surface area contributed by atoms with Gasteiger partial charge < -0.3 is 14.8 Å². The van der Waals surface area contributed by atoms with Crippen molar-refractivity contribution in [3.05, 3.63) is 52.5 Å². The second kappa shape index (κ2) is 11.8. The number of hydrogen-bond acceptors (Lipinski definition) is 7. The second-order valence-electron chi connectivity index (χ2n) is 7.58. The molecule has 1 heterocycles. The highest BCUT2D eigenvalue weighted by Gasteiger charge is 2.26. The summed E-state index contributed by atoms with van der Waals surface area (Å²) in [5, 5.41) is 3.05. The molecule has 192 valence electrons. The molecule has 0 aromatic heterocycles. The highest BCUT2D eigenvalue weighted by Crippen LogP contribution is 2.27. The van der Waals surface area contributed by atoms with Crippen LogP contribution in [0.5, 0.6) is 5.75 Å². The molecule has 1 saturated heterocycles. The molecular formula is C21H25Cl2N3O7S2. The molecule has 1 amide bonds. The first-order valence-electron chi connectivity index (χ1n) is 10.5. The van der Waals surface area contributed by atoms with E-state index in [0.717, 1.165) is 10.6 Å². The minimum absolute atomic E-state index is 0.0865. The predicted molar refractivity (Wildman–Crippen MR) is 133 cm³/mol. The Hall–Kier alpha value is -2.09. The third kappa shape index (κ3) is 7.69. The lowest BCUT2D eigenvalue weighted by Crippen LogP contribution is -2.41. The first-order chi connectivity index (χ1) is 16.5. The first kappa shape index (κ1) is 27.5. The Bertz CT molecular complexity index is 1230. The molecule has 1 fully saturated rings. The van der Waals surface area contributed by atoms with Gasteiger partial charge in [0.15, 0.2) is 0 Å². The highest BCUT2D eigenvalue weighted by molar-refractivity contribution is 7.92. The Morgan fingerprint density at radius 3 is 2.23 bits per heavy atom. The number of rotatable bonds is 10. The molecule has 14 heteroatoms. The average Bonchev–Trinajstić information content (AvgIpc) is 2.80. The van der Waals surface area contributed by atoms with E-state index in [1.807, 2.05) is 0 Å². The van der Waals surface area contributed by atoms with E-state index in [1.165, 1.54) is 46.8 Å². The van der Waals surface area contributed by atoms with Gasteiger partial charge in [0.05, 0.1) is 36.6 Å². The number of nitrogens with one attached hydrogen (secondary N) is 1. The SMILES string of the molecule is CS(=O)(=O)N(CC(=O)NCCOc1ccc(S(=O)(=O)N2CCOCC2)cc1)c1cc(Cl)cc(Cl)c1. The van der Waals surface area contributed by atoms with E-state index >= 15 is 0 Å². The molecule has 0 radical (unpaired) electrons. The molecule has 2 aromatic carbocycles. The standard InChI is InChI=1S/C21H25Cl2N3O7S2/c1-34(28,29)26(18-13-16(22)12-17(23)14-18)15-21(27)24-6-9-33-19-2-4-20(5-3-19)35(30,31)25-7-10-32-11-8-25/h2-5,12-14H,6-11,15H2,1H3,(H,24,27). The molecular weight excluding hydrogens is 541 g/mol. The van der Waals surface area contributed by atoms with Gasteiger partial charge in [-0.2, -0.15) is 4.31 Å². The van der Waals surface area contributed by atoms with Crippen LogP contribution in [0.25, 0.3) is 0 Å². The molecule has 0 aliphatic carbocycles. The Labute approximate surface area is 214 Å². The van der Waals surface area contributed by atoms with Crippen LogP contribution in [0.3, 0.4) is 0 Å². The van der Waals surface area contributed by atoms with Gasteiger partial charge in [-0.25, -0.2) is 16.8 Å². The second-order valence-corrected chi connectivity index (χ2v) is 12.3. The fraction of sp³-hybridized carbons (Fsp3) is 0.381. The summed E-state index contributed by atoms with van der Waals surface area (Å²) in [6, 6.07) is 10.2. The number of anilines is 1. The van der Waals surface area contributed by atoms with Gasteiger partial charge >= 0.3 is 0 Å². The van der Waals surface area contributed by atoms with Crippen LogP contribution >= 0.6 is 23.2 Å². The largest absolute Gasteiger partial charge is 0.492 e. The molecule has 35 heavy (non-hydrogen) atoms. The summed E-state index contributed by atoms with van der Waals surface area (Å²) < 4.78 is 62.7. The van der Waals surface area contributed by atoms with Crippen LogP contribution in [0.2, 0.25) is 10.0 Å².